The maximum atomic E-state index is 14.5. The lowest BCUT2D eigenvalue weighted by Gasteiger charge is -2.32. The second-order valence-electron chi connectivity index (χ2n) is 12.0. The number of aliphatic hydroxyl groups is 2. The molecule has 0 saturated carbocycles. The van der Waals surface area contributed by atoms with Crippen LogP contribution in [0.5, 0.6) is 0 Å². The summed E-state index contributed by atoms with van der Waals surface area (Å²) >= 11 is 0. The monoisotopic (exact) mass is 617 g/mol. The van der Waals surface area contributed by atoms with Crippen molar-refractivity contribution >= 4 is 37.5 Å². The second-order valence-corrected chi connectivity index (χ2v) is 16.0. The van der Waals surface area contributed by atoms with Crippen LogP contribution in [0, 0.1) is 5.92 Å². The van der Waals surface area contributed by atoms with E-state index in [4.69, 9.17) is 9.47 Å². The normalized spacial score (nSPS) is 24.0. The Hall–Kier alpha value is -3.17. The maximum Gasteiger partial charge on any atom is 0.305 e. The zero-order valence-corrected chi connectivity index (χ0v) is 26.4. The molecule has 2 amide bonds. The molecule has 4 N–H and O–H groups in total. The van der Waals surface area contributed by atoms with Crippen molar-refractivity contribution in [2.45, 2.75) is 88.9 Å². The topological polar surface area (TPSA) is 176 Å². The Bertz CT molecular complexity index is 1330. The third-order valence-electron chi connectivity index (χ3n) is 8.47. The van der Waals surface area contributed by atoms with Crippen LogP contribution in [0.25, 0.3) is 0 Å². The highest BCUT2D eigenvalue weighted by Crippen LogP contribution is 2.60. The molecule has 2 aromatic rings. The Kier molecular flexibility index (Phi) is 10.1. The standard InChI is InChI=1S/C29H43N5O8Si/c1-18-26(43(4,5)40)24(11-14-33-17-21(12-15-35)31-32-33)42-29(18)22-16-20(30-27(38)19(2)36)9-10-23(22)34(28(29)39)13-7-6-8-25(37)41-3/h9-10,16-19,24,26,35-36,40H,6-8,11-15H2,1-5H3,(H,30,38)/t18-,19+,24+,26-,29+/m1/s1. The van der Waals surface area contributed by atoms with Crippen LogP contribution in [-0.4, -0.2) is 88.6 Å². The highest BCUT2D eigenvalue weighted by molar-refractivity contribution is 6.71. The van der Waals surface area contributed by atoms with Crippen LogP contribution in [0.1, 0.15) is 50.8 Å². The SMILES string of the molecule is COC(=O)CCCCN1C(=O)[C@@]2(O[C@@H](CCn3cc(CCO)nn3)[C@H]([Si](C)(C)O)[C@H]2C)c2cc(NC(=O)[C@H](C)O)ccc21. The van der Waals surface area contributed by atoms with E-state index in [1.165, 1.54) is 14.0 Å². The first-order chi connectivity index (χ1) is 20.3. The first-order valence-corrected chi connectivity index (χ1v) is 17.8. The molecule has 5 atom stereocenters. The van der Waals surface area contributed by atoms with Gasteiger partial charge in [0.15, 0.2) is 13.9 Å². The average molecular weight is 618 g/mol. The van der Waals surface area contributed by atoms with Crippen molar-refractivity contribution in [1.82, 2.24) is 15.0 Å². The van der Waals surface area contributed by atoms with Gasteiger partial charge >= 0.3 is 5.97 Å². The number of nitrogens with one attached hydrogen (secondary N) is 1. The zero-order chi connectivity index (χ0) is 31.5. The van der Waals surface area contributed by atoms with Crippen LogP contribution in [0.15, 0.2) is 24.4 Å². The van der Waals surface area contributed by atoms with Gasteiger partial charge in [-0.25, -0.2) is 0 Å². The number of carbonyl (C=O) groups is 3. The number of rotatable bonds is 13. The minimum Gasteiger partial charge on any atom is -0.469 e. The number of methoxy groups -OCH3 is 1. The number of aliphatic hydroxyl groups excluding tert-OH is 2. The number of aryl methyl sites for hydroxylation is 1. The summed E-state index contributed by atoms with van der Waals surface area (Å²) in [6, 6.07) is 5.17. The number of nitrogens with zero attached hydrogens (tertiary/aromatic N) is 4. The fourth-order valence-corrected chi connectivity index (χ4v) is 9.07. The number of benzene rings is 1. The molecule has 1 aromatic heterocycles. The Labute approximate surface area is 252 Å². The second kappa shape index (κ2) is 13.2. The van der Waals surface area contributed by atoms with Gasteiger partial charge in [-0.1, -0.05) is 12.1 Å². The van der Waals surface area contributed by atoms with Crippen LogP contribution in [0.3, 0.4) is 0 Å². The number of anilines is 2. The van der Waals surface area contributed by atoms with E-state index in [2.05, 4.69) is 15.6 Å². The van der Waals surface area contributed by atoms with Gasteiger partial charge in [-0.15, -0.1) is 5.10 Å². The van der Waals surface area contributed by atoms with Crippen LogP contribution >= 0.6 is 0 Å². The number of unbranched alkanes of at least 4 members (excludes halogenated alkanes) is 1. The van der Waals surface area contributed by atoms with Crippen molar-refractivity contribution in [3.63, 3.8) is 0 Å². The van der Waals surface area contributed by atoms with E-state index in [1.807, 2.05) is 20.0 Å². The van der Waals surface area contributed by atoms with E-state index in [0.29, 0.717) is 61.4 Å². The van der Waals surface area contributed by atoms with Crippen molar-refractivity contribution in [2.75, 3.05) is 30.5 Å². The van der Waals surface area contributed by atoms with Crippen molar-refractivity contribution in [3.05, 3.63) is 35.7 Å². The van der Waals surface area contributed by atoms with Crippen molar-refractivity contribution in [3.8, 4) is 0 Å². The van der Waals surface area contributed by atoms with E-state index in [-0.39, 0.29) is 30.4 Å². The summed E-state index contributed by atoms with van der Waals surface area (Å²) in [7, 11) is -1.55. The summed E-state index contributed by atoms with van der Waals surface area (Å²) < 4.78 is 13.2. The van der Waals surface area contributed by atoms with Crippen molar-refractivity contribution in [1.29, 1.82) is 0 Å². The number of ether oxygens (including phenoxy) is 2. The van der Waals surface area contributed by atoms with Crippen LogP contribution < -0.4 is 10.2 Å². The lowest BCUT2D eigenvalue weighted by molar-refractivity contribution is -0.146. The lowest BCUT2D eigenvalue weighted by Crippen LogP contribution is -2.46. The van der Waals surface area contributed by atoms with Crippen LogP contribution in [0.4, 0.5) is 11.4 Å². The number of hydrogen-bond donors (Lipinski definition) is 4. The van der Waals surface area contributed by atoms with E-state index < -0.39 is 38.0 Å². The first-order valence-electron chi connectivity index (χ1n) is 14.8. The van der Waals surface area contributed by atoms with Gasteiger partial charge in [0.05, 0.1) is 24.6 Å². The molecule has 0 aliphatic carbocycles. The van der Waals surface area contributed by atoms with Gasteiger partial charge in [-0.2, -0.15) is 0 Å². The van der Waals surface area contributed by atoms with Gasteiger partial charge in [0.2, 0.25) is 0 Å². The predicted molar refractivity (Wildman–Crippen MR) is 160 cm³/mol. The zero-order valence-electron chi connectivity index (χ0n) is 25.4. The maximum absolute atomic E-state index is 14.5. The largest absolute Gasteiger partial charge is 0.469 e. The number of aromatic nitrogens is 3. The van der Waals surface area contributed by atoms with Gasteiger partial charge in [-0.3, -0.25) is 19.1 Å². The molecule has 0 bridgehead atoms. The molecule has 14 heteroatoms. The van der Waals surface area contributed by atoms with Gasteiger partial charge < -0.3 is 34.7 Å². The number of fused-ring (bicyclic) bond motifs is 2. The molecule has 1 saturated heterocycles. The van der Waals surface area contributed by atoms with E-state index >= 15 is 0 Å². The predicted octanol–water partition coefficient (Wildman–Crippen LogP) is 1.71. The quantitative estimate of drug-likeness (QED) is 0.147. The molecule has 0 unspecified atom stereocenters. The Morgan fingerprint density at radius 2 is 2.00 bits per heavy atom. The molecule has 2 aliphatic rings. The molecular formula is C29H43N5O8Si. The average Bonchev–Trinajstić information content (AvgIpc) is 3.59. The molecular weight excluding hydrogens is 574 g/mol. The summed E-state index contributed by atoms with van der Waals surface area (Å²) in [5.74, 6) is -1.54. The summed E-state index contributed by atoms with van der Waals surface area (Å²) in [4.78, 5) is 51.6. The Morgan fingerprint density at radius 3 is 2.65 bits per heavy atom. The molecule has 4 rings (SSSR count). The van der Waals surface area contributed by atoms with E-state index in [0.717, 1.165) is 0 Å². The van der Waals surface area contributed by atoms with Crippen LogP contribution in [0.2, 0.25) is 18.6 Å². The number of hydrogen-bond acceptors (Lipinski definition) is 10. The summed E-state index contributed by atoms with van der Waals surface area (Å²) in [6.45, 7) is 7.77. The molecule has 3 heterocycles. The minimum atomic E-state index is -2.89. The van der Waals surface area contributed by atoms with Gasteiger partial charge in [-0.05, 0) is 57.5 Å². The molecule has 13 nitrogen and oxygen atoms in total. The summed E-state index contributed by atoms with van der Waals surface area (Å²) in [5, 5.41) is 29.9. The Morgan fingerprint density at radius 1 is 1.26 bits per heavy atom. The first kappa shape index (κ1) is 32.7. The molecule has 2 aliphatic heterocycles. The number of carbonyl (C=O) groups excluding carboxylic acids is 3. The number of amides is 2. The van der Waals surface area contributed by atoms with Gasteiger partial charge in [0.1, 0.15) is 6.10 Å². The van der Waals surface area contributed by atoms with Crippen molar-refractivity contribution in [2.24, 2.45) is 5.92 Å². The molecule has 1 aromatic carbocycles. The lowest BCUT2D eigenvalue weighted by atomic mass is 9.82. The molecule has 236 valence electrons. The minimum absolute atomic E-state index is 0.0305. The van der Waals surface area contributed by atoms with Crippen LogP contribution in [-0.2, 0) is 42.4 Å². The third-order valence-corrected chi connectivity index (χ3v) is 11.0. The third kappa shape index (κ3) is 6.67. The van der Waals surface area contributed by atoms with E-state index in [1.54, 1.807) is 34.0 Å². The Balaban J connectivity index is 1.69. The molecule has 43 heavy (non-hydrogen) atoms. The van der Waals surface area contributed by atoms with E-state index in [9.17, 15) is 29.4 Å². The fourth-order valence-electron chi connectivity index (χ4n) is 6.47. The number of esters is 1. The fraction of sp³-hybridized carbons (Fsp3) is 0.621. The molecule has 1 spiro atoms. The molecule has 0 radical (unpaired) electrons. The highest BCUT2D eigenvalue weighted by atomic mass is 28.4. The molecule has 1 fully saturated rings. The van der Waals surface area contributed by atoms with Crippen molar-refractivity contribution < 1.29 is 38.9 Å². The summed E-state index contributed by atoms with van der Waals surface area (Å²) in [6.07, 6.45) is 2.27. The smallest absolute Gasteiger partial charge is 0.305 e. The summed E-state index contributed by atoms with van der Waals surface area (Å²) in [5.41, 5.74) is 0.613. The van der Waals surface area contributed by atoms with Gasteiger partial charge in [0, 0.05) is 61.4 Å². The van der Waals surface area contributed by atoms with Gasteiger partial charge in [0.25, 0.3) is 11.8 Å². The highest BCUT2D eigenvalue weighted by Gasteiger charge is 2.66.